The van der Waals surface area contributed by atoms with Gasteiger partial charge in [-0.3, -0.25) is 4.79 Å². The first-order valence-corrected chi connectivity index (χ1v) is 6.04. The van der Waals surface area contributed by atoms with Crippen molar-refractivity contribution in [1.82, 2.24) is 15.3 Å². The summed E-state index contributed by atoms with van der Waals surface area (Å²) in [4.78, 5) is 21.9. The molecule has 1 aromatic heterocycles. The highest BCUT2D eigenvalue weighted by atomic mass is 16.1. The van der Waals surface area contributed by atoms with Crippen LogP contribution in [0.1, 0.15) is 24.7 Å². The van der Waals surface area contributed by atoms with Crippen molar-refractivity contribution in [2.45, 2.75) is 26.7 Å². The molecule has 0 saturated heterocycles. The molecular formula is C12H21N5O. The molecule has 0 aliphatic carbocycles. The largest absolute Gasteiger partial charge is 0.383 e. The molecule has 0 aliphatic heterocycles. The van der Waals surface area contributed by atoms with Crippen LogP contribution in [0.4, 0.5) is 11.6 Å². The van der Waals surface area contributed by atoms with Gasteiger partial charge in [-0.05, 0) is 13.3 Å². The van der Waals surface area contributed by atoms with Crippen molar-refractivity contribution in [2.75, 3.05) is 31.3 Å². The van der Waals surface area contributed by atoms with Gasteiger partial charge in [0.05, 0.1) is 6.54 Å². The van der Waals surface area contributed by atoms with Crippen LogP contribution in [0.15, 0.2) is 0 Å². The topological polar surface area (TPSA) is 84.1 Å². The highest BCUT2D eigenvalue weighted by Crippen LogP contribution is 2.20. The monoisotopic (exact) mass is 251 g/mol. The summed E-state index contributed by atoms with van der Waals surface area (Å²) in [5, 5.41) is 2.58. The lowest BCUT2D eigenvalue weighted by atomic mass is 10.2. The lowest BCUT2D eigenvalue weighted by Gasteiger charge is -2.20. The van der Waals surface area contributed by atoms with Crippen molar-refractivity contribution in [3.05, 3.63) is 11.4 Å². The molecule has 0 unspecified atom stereocenters. The first kappa shape index (κ1) is 14.2. The number of nitrogens with zero attached hydrogens (tertiary/aromatic N) is 3. The zero-order chi connectivity index (χ0) is 13.7. The van der Waals surface area contributed by atoms with Crippen molar-refractivity contribution in [3.8, 4) is 0 Å². The van der Waals surface area contributed by atoms with E-state index in [0.29, 0.717) is 5.82 Å². The summed E-state index contributed by atoms with van der Waals surface area (Å²) < 4.78 is 0. The molecule has 0 spiro atoms. The third-order valence-corrected chi connectivity index (χ3v) is 2.70. The SMILES string of the molecule is CCCc1nc(N)c(C)c(N(C)CC(=O)NC)n1. The maximum absolute atomic E-state index is 11.4. The van der Waals surface area contributed by atoms with E-state index in [-0.39, 0.29) is 12.5 Å². The molecule has 0 radical (unpaired) electrons. The number of rotatable bonds is 5. The van der Waals surface area contributed by atoms with E-state index in [4.69, 9.17) is 5.73 Å². The smallest absolute Gasteiger partial charge is 0.239 e. The quantitative estimate of drug-likeness (QED) is 0.796. The fraction of sp³-hybridized carbons (Fsp3) is 0.583. The Hall–Kier alpha value is -1.85. The molecule has 6 nitrogen and oxygen atoms in total. The van der Waals surface area contributed by atoms with Gasteiger partial charge in [0, 0.05) is 26.1 Å². The van der Waals surface area contributed by atoms with E-state index < -0.39 is 0 Å². The Morgan fingerprint density at radius 3 is 2.67 bits per heavy atom. The number of nitrogens with one attached hydrogen (secondary N) is 1. The molecule has 3 N–H and O–H groups in total. The van der Waals surface area contributed by atoms with E-state index in [1.807, 2.05) is 14.0 Å². The van der Waals surface area contributed by atoms with Crippen LogP contribution in [0.5, 0.6) is 0 Å². The molecule has 0 fully saturated rings. The Kier molecular flexibility index (Phi) is 4.88. The molecular weight excluding hydrogens is 230 g/mol. The van der Waals surface area contributed by atoms with Crippen molar-refractivity contribution in [1.29, 1.82) is 0 Å². The van der Waals surface area contributed by atoms with Crippen molar-refractivity contribution in [2.24, 2.45) is 0 Å². The van der Waals surface area contributed by atoms with Gasteiger partial charge >= 0.3 is 0 Å². The predicted molar refractivity (Wildman–Crippen MR) is 72.5 cm³/mol. The molecule has 0 bridgehead atoms. The number of nitrogen functional groups attached to an aromatic ring is 1. The molecule has 6 heteroatoms. The Bertz CT molecular complexity index is 433. The van der Waals surface area contributed by atoms with Crippen LogP contribution >= 0.6 is 0 Å². The summed E-state index contributed by atoms with van der Waals surface area (Å²) in [6.45, 7) is 4.17. The van der Waals surface area contributed by atoms with Gasteiger partial charge in [-0.2, -0.15) is 0 Å². The molecule has 1 amide bonds. The highest BCUT2D eigenvalue weighted by Gasteiger charge is 2.14. The second-order valence-electron chi connectivity index (χ2n) is 4.25. The minimum atomic E-state index is -0.0638. The summed E-state index contributed by atoms with van der Waals surface area (Å²) >= 11 is 0. The summed E-state index contributed by atoms with van der Waals surface area (Å²) in [5.74, 6) is 1.85. The zero-order valence-electron chi connectivity index (χ0n) is 11.4. The van der Waals surface area contributed by atoms with Gasteiger partial charge in [-0.25, -0.2) is 9.97 Å². The number of aromatic nitrogens is 2. The van der Waals surface area contributed by atoms with Gasteiger partial charge < -0.3 is 16.0 Å². The normalized spacial score (nSPS) is 10.2. The number of hydrogen-bond donors (Lipinski definition) is 2. The molecule has 100 valence electrons. The molecule has 0 aromatic carbocycles. The Balaban J connectivity index is 3.02. The van der Waals surface area contributed by atoms with Gasteiger partial charge in [0.2, 0.25) is 5.91 Å². The van der Waals surface area contributed by atoms with Crippen molar-refractivity contribution in [3.63, 3.8) is 0 Å². The number of carbonyl (C=O) groups excluding carboxylic acids is 1. The third kappa shape index (κ3) is 3.32. The van der Waals surface area contributed by atoms with Gasteiger partial charge in [0.25, 0.3) is 0 Å². The summed E-state index contributed by atoms with van der Waals surface area (Å²) in [6.07, 6.45) is 1.74. The average Bonchev–Trinajstić information content (AvgIpc) is 2.33. The van der Waals surface area contributed by atoms with Gasteiger partial charge in [0.1, 0.15) is 17.5 Å². The number of hydrogen-bond acceptors (Lipinski definition) is 5. The van der Waals surface area contributed by atoms with E-state index in [0.717, 1.165) is 30.0 Å². The van der Waals surface area contributed by atoms with Crippen molar-refractivity contribution < 1.29 is 4.79 Å². The van der Waals surface area contributed by atoms with Crippen LogP contribution in [0.3, 0.4) is 0 Å². The highest BCUT2D eigenvalue weighted by molar-refractivity contribution is 5.81. The average molecular weight is 251 g/mol. The van der Waals surface area contributed by atoms with Gasteiger partial charge in [-0.1, -0.05) is 6.92 Å². The van der Waals surface area contributed by atoms with Gasteiger partial charge in [-0.15, -0.1) is 0 Å². The van der Waals surface area contributed by atoms with Gasteiger partial charge in [0.15, 0.2) is 0 Å². The second kappa shape index (κ2) is 6.18. The fourth-order valence-electron chi connectivity index (χ4n) is 1.64. The van der Waals surface area contributed by atoms with E-state index in [1.54, 1.807) is 11.9 Å². The number of anilines is 2. The minimum Gasteiger partial charge on any atom is -0.383 e. The summed E-state index contributed by atoms with van der Waals surface area (Å²) in [5.41, 5.74) is 6.68. The molecule has 1 rings (SSSR count). The Labute approximate surface area is 108 Å². The fourth-order valence-corrected chi connectivity index (χ4v) is 1.64. The second-order valence-corrected chi connectivity index (χ2v) is 4.25. The molecule has 0 aliphatic rings. The predicted octanol–water partition coefficient (Wildman–Crippen LogP) is 0.502. The van der Waals surface area contributed by atoms with Crippen LogP contribution in [-0.4, -0.2) is 36.5 Å². The Morgan fingerprint density at radius 2 is 2.11 bits per heavy atom. The lowest BCUT2D eigenvalue weighted by molar-refractivity contribution is -0.119. The van der Waals surface area contributed by atoms with E-state index in [9.17, 15) is 4.79 Å². The van der Waals surface area contributed by atoms with E-state index >= 15 is 0 Å². The summed E-state index contributed by atoms with van der Waals surface area (Å²) in [7, 11) is 3.43. The van der Waals surface area contributed by atoms with E-state index in [2.05, 4.69) is 22.2 Å². The standard InChI is InChI=1S/C12H21N5O/c1-5-6-9-15-11(13)8(2)12(16-9)17(4)7-10(18)14-3/h5-7H2,1-4H3,(H,14,18)(H2,13,15,16). The molecule has 0 atom stereocenters. The Morgan fingerprint density at radius 1 is 1.44 bits per heavy atom. The zero-order valence-corrected chi connectivity index (χ0v) is 11.4. The third-order valence-electron chi connectivity index (χ3n) is 2.70. The lowest BCUT2D eigenvalue weighted by Crippen LogP contribution is -2.34. The van der Waals surface area contributed by atoms with Crippen LogP contribution in [0.25, 0.3) is 0 Å². The molecule has 0 saturated carbocycles. The number of likely N-dealkylation sites (N-methyl/N-ethyl adjacent to an activating group) is 2. The molecule has 1 aromatic rings. The minimum absolute atomic E-state index is 0.0638. The number of carbonyl (C=O) groups is 1. The summed E-state index contributed by atoms with van der Waals surface area (Å²) in [6, 6.07) is 0. The van der Waals surface area contributed by atoms with E-state index in [1.165, 1.54) is 0 Å². The number of aryl methyl sites for hydroxylation is 1. The van der Waals surface area contributed by atoms with Crippen LogP contribution in [0.2, 0.25) is 0 Å². The number of amides is 1. The maximum atomic E-state index is 11.4. The van der Waals surface area contributed by atoms with Crippen LogP contribution in [0, 0.1) is 6.92 Å². The molecule has 1 heterocycles. The van der Waals surface area contributed by atoms with Crippen LogP contribution in [-0.2, 0) is 11.2 Å². The maximum Gasteiger partial charge on any atom is 0.239 e. The first-order valence-electron chi connectivity index (χ1n) is 6.04. The molecule has 18 heavy (non-hydrogen) atoms. The first-order chi connectivity index (χ1) is 8.49. The van der Waals surface area contributed by atoms with Crippen molar-refractivity contribution >= 4 is 17.5 Å². The number of nitrogens with two attached hydrogens (primary N) is 1. The van der Waals surface area contributed by atoms with Crippen LogP contribution < -0.4 is 16.0 Å².